The number of aromatic nitrogens is 2. The monoisotopic (exact) mass is 561 g/mol. The molecule has 14 heteroatoms. The average molecular weight is 562 g/mol. The van der Waals surface area contributed by atoms with Gasteiger partial charge in [0.05, 0.1) is 17.0 Å². The van der Waals surface area contributed by atoms with E-state index in [1.807, 2.05) is 6.92 Å². The van der Waals surface area contributed by atoms with Crippen molar-refractivity contribution in [3.63, 3.8) is 0 Å². The summed E-state index contributed by atoms with van der Waals surface area (Å²) < 4.78 is 68.0. The third-order valence-electron chi connectivity index (χ3n) is 6.93. The van der Waals surface area contributed by atoms with Crippen molar-refractivity contribution in [1.82, 2.24) is 20.2 Å². The number of hydrogen-bond donors (Lipinski definition) is 3. The summed E-state index contributed by atoms with van der Waals surface area (Å²) in [5.74, 6) is -1.58. The first kappa shape index (κ1) is 28.1. The van der Waals surface area contributed by atoms with Gasteiger partial charge in [0.1, 0.15) is 17.6 Å². The number of aliphatic hydroxyl groups excluding tert-OH is 1. The van der Waals surface area contributed by atoms with Gasteiger partial charge in [-0.15, -0.1) is 11.3 Å². The van der Waals surface area contributed by atoms with Gasteiger partial charge in [-0.05, 0) is 45.1 Å². The fraction of sp³-hybridized carbons (Fsp3) is 0.583. The smallest absolute Gasteiger partial charge is 0.391 e. The van der Waals surface area contributed by atoms with E-state index < -0.39 is 54.0 Å². The lowest BCUT2D eigenvalue weighted by molar-refractivity contribution is -0.142. The molecule has 0 radical (unpaired) electrons. The molecule has 8 nitrogen and oxygen atoms in total. The summed E-state index contributed by atoms with van der Waals surface area (Å²) in [5, 5.41) is 14.4. The molecular formula is C24H28F5N5O3S. The van der Waals surface area contributed by atoms with Crippen LogP contribution in [0, 0.1) is 0 Å². The van der Waals surface area contributed by atoms with Crippen molar-refractivity contribution in [2.24, 2.45) is 0 Å². The number of carbonyl (C=O) groups excluding carboxylic acids is 2. The number of alkyl halides is 5. The number of pyridine rings is 1. The maximum atomic E-state index is 14.2. The molecule has 38 heavy (non-hydrogen) atoms. The van der Waals surface area contributed by atoms with E-state index in [1.165, 1.54) is 6.92 Å². The van der Waals surface area contributed by atoms with Crippen LogP contribution in [0.4, 0.5) is 27.8 Å². The lowest BCUT2D eigenvalue weighted by Crippen LogP contribution is -2.50. The van der Waals surface area contributed by atoms with Gasteiger partial charge in [0.25, 0.3) is 18.2 Å². The van der Waals surface area contributed by atoms with Crippen LogP contribution in [0.25, 0.3) is 10.4 Å². The van der Waals surface area contributed by atoms with E-state index in [0.29, 0.717) is 19.4 Å². The molecule has 0 bridgehead atoms. The highest BCUT2D eigenvalue weighted by molar-refractivity contribution is 7.17. The molecule has 2 aromatic heterocycles. The van der Waals surface area contributed by atoms with Crippen molar-refractivity contribution < 1.29 is 36.6 Å². The Hall–Kier alpha value is -2.87. The second-order valence-electron chi connectivity index (χ2n) is 9.52. The molecular weight excluding hydrogens is 533 g/mol. The fourth-order valence-corrected chi connectivity index (χ4v) is 5.50. The van der Waals surface area contributed by atoms with Gasteiger partial charge in [-0.2, -0.15) is 13.2 Å². The van der Waals surface area contributed by atoms with Crippen LogP contribution >= 0.6 is 11.3 Å². The number of hydrogen-bond acceptors (Lipinski definition) is 7. The number of nitrogens with zero attached hydrogens (tertiary/aromatic N) is 3. The number of thiazole rings is 1. The number of nitrogens with one attached hydrogen (secondary N) is 2. The molecule has 2 aliphatic rings. The standard InChI is InChI=1S/C24H28F5N5O3S/c1-3-16(24(27,28)29)32-17-9-12(20(25)26)13(10-30-17)19-18(23(37)34-8-4-5-11(34)2)33-22(38-19)21(36)31-14-6-7-15(14)35/h9-11,14-16,20,35H,3-8H2,1-2H3,(H,30,32)(H,31,36)/t11-,14?,15+,16-/m0/s1. The molecule has 3 N–H and O–H groups in total. The Bertz CT molecular complexity index is 1190. The zero-order valence-electron chi connectivity index (χ0n) is 20.7. The lowest BCUT2D eigenvalue weighted by Gasteiger charge is -2.32. The van der Waals surface area contributed by atoms with Crippen molar-refractivity contribution in [2.45, 2.75) is 82.8 Å². The Balaban J connectivity index is 1.74. The molecule has 4 atom stereocenters. The summed E-state index contributed by atoms with van der Waals surface area (Å²) in [6.07, 6.45) is -5.20. The molecule has 1 saturated heterocycles. The van der Waals surface area contributed by atoms with Gasteiger partial charge in [-0.3, -0.25) is 9.59 Å². The minimum Gasteiger partial charge on any atom is -0.391 e. The summed E-state index contributed by atoms with van der Waals surface area (Å²) in [7, 11) is 0. The molecule has 1 saturated carbocycles. The third-order valence-corrected chi connectivity index (χ3v) is 8.02. The number of aliphatic hydroxyl groups is 1. The van der Waals surface area contributed by atoms with Gasteiger partial charge in [0.2, 0.25) is 0 Å². The Morgan fingerprint density at radius 3 is 2.53 bits per heavy atom. The van der Waals surface area contributed by atoms with E-state index in [9.17, 15) is 36.6 Å². The first-order chi connectivity index (χ1) is 17.9. The number of halogens is 5. The van der Waals surface area contributed by atoms with E-state index in [-0.39, 0.29) is 33.6 Å². The van der Waals surface area contributed by atoms with Crippen LogP contribution in [0.2, 0.25) is 0 Å². The van der Waals surface area contributed by atoms with Crippen LogP contribution in [0.1, 0.15) is 78.2 Å². The van der Waals surface area contributed by atoms with Crippen LogP contribution in [0.15, 0.2) is 12.3 Å². The van der Waals surface area contributed by atoms with E-state index in [4.69, 9.17) is 0 Å². The topological polar surface area (TPSA) is 107 Å². The van der Waals surface area contributed by atoms with Gasteiger partial charge >= 0.3 is 6.18 Å². The zero-order chi connectivity index (χ0) is 27.8. The maximum absolute atomic E-state index is 14.2. The van der Waals surface area contributed by atoms with E-state index in [0.717, 1.165) is 36.4 Å². The first-order valence-electron chi connectivity index (χ1n) is 12.3. The van der Waals surface area contributed by atoms with Crippen molar-refractivity contribution in [2.75, 3.05) is 11.9 Å². The molecule has 0 spiro atoms. The SMILES string of the molecule is CC[C@H](Nc1cc(C(F)F)c(-c2sc(C(=O)NC3CC[C@H]3O)nc2C(=O)N2CCC[C@@H]2C)cn1)C(F)(F)F. The minimum absolute atomic E-state index is 0.0226. The number of rotatable bonds is 8. The molecule has 1 aliphatic carbocycles. The van der Waals surface area contributed by atoms with Crippen LogP contribution < -0.4 is 10.6 Å². The van der Waals surface area contributed by atoms with E-state index in [2.05, 4.69) is 20.6 Å². The molecule has 3 heterocycles. The fourth-order valence-electron chi connectivity index (χ4n) is 4.51. The predicted molar refractivity (Wildman–Crippen MR) is 130 cm³/mol. The van der Waals surface area contributed by atoms with Crippen LogP contribution in [0.3, 0.4) is 0 Å². The third kappa shape index (κ3) is 5.75. The Morgan fingerprint density at radius 2 is 2.00 bits per heavy atom. The summed E-state index contributed by atoms with van der Waals surface area (Å²) in [5.41, 5.74) is -1.04. The maximum Gasteiger partial charge on any atom is 0.408 e. The Kier molecular flexibility index (Phi) is 8.21. The quantitative estimate of drug-likeness (QED) is 0.401. The van der Waals surface area contributed by atoms with Crippen LogP contribution in [-0.2, 0) is 0 Å². The zero-order valence-corrected chi connectivity index (χ0v) is 21.5. The van der Waals surface area contributed by atoms with Gasteiger partial charge in [0, 0.05) is 29.9 Å². The molecule has 4 rings (SSSR count). The highest BCUT2D eigenvalue weighted by Crippen LogP contribution is 2.39. The highest BCUT2D eigenvalue weighted by atomic mass is 32.1. The summed E-state index contributed by atoms with van der Waals surface area (Å²) >= 11 is 0.721. The molecule has 2 fully saturated rings. The van der Waals surface area contributed by atoms with Gasteiger partial charge in [0.15, 0.2) is 5.01 Å². The van der Waals surface area contributed by atoms with Crippen molar-refractivity contribution in [1.29, 1.82) is 0 Å². The molecule has 1 aliphatic heterocycles. The minimum atomic E-state index is -4.61. The van der Waals surface area contributed by atoms with Gasteiger partial charge in [-0.25, -0.2) is 18.7 Å². The van der Waals surface area contributed by atoms with Gasteiger partial charge in [-0.1, -0.05) is 6.92 Å². The Labute approximate surface area is 219 Å². The predicted octanol–water partition coefficient (Wildman–Crippen LogP) is 4.77. The number of carbonyl (C=O) groups is 2. The largest absolute Gasteiger partial charge is 0.408 e. The van der Waals surface area contributed by atoms with Crippen molar-refractivity contribution in [3.05, 3.63) is 28.5 Å². The summed E-state index contributed by atoms with van der Waals surface area (Å²) in [6, 6.07) is -1.75. The van der Waals surface area contributed by atoms with E-state index in [1.54, 1.807) is 4.90 Å². The Morgan fingerprint density at radius 1 is 1.26 bits per heavy atom. The second kappa shape index (κ2) is 11.1. The number of likely N-dealkylation sites (tertiary alicyclic amines) is 1. The van der Waals surface area contributed by atoms with E-state index >= 15 is 0 Å². The van der Waals surface area contributed by atoms with Crippen LogP contribution in [-0.4, -0.2) is 68.7 Å². The highest BCUT2D eigenvalue weighted by Gasteiger charge is 2.39. The molecule has 2 aromatic rings. The van der Waals surface area contributed by atoms with Crippen molar-refractivity contribution in [3.8, 4) is 10.4 Å². The normalized spacial score (nSPS) is 22.3. The summed E-state index contributed by atoms with van der Waals surface area (Å²) in [4.78, 5) is 35.9. The van der Waals surface area contributed by atoms with Gasteiger partial charge < -0.3 is 20.6 Å². The lowest BCUT2D eigenvalue weighted by atomic mass is 9.89. The van der Waals surface area contributed by atoms with Crippen LogP contribution in [0.5, 0.6) is 0 Å². The molecule has 2 amide bonds. The number of amides is 2. The summed E-state index contributed by atoms with van der Waals surface area (Å²) in [6.45, 7) is 3.59. The second-order valence-corrected chi connectivity index (χ2v) is 10.5. The van der Waals surface area contributed by atoms with Crippen molar-refractivity contribution >= 4 is 29.0 Å². The average Bonchev–Trinajstić information content (AvgIpc) is 3.50. The molecule has 0 aromatic carbocycles. The molecule has 1 unspecified atom stereocenters. The molecule has 208 valence electrons. The number of anilines is 1. The first-order valence-corrected chi connectivity index (χ1v) is 13.1.